The van der Waals surface area contributed by atoms with Crippen LogP contribution < -0.4 is 0 Å². The van der Waals surface area contributed by atoms with Crippen molar-refractivity contribution < 1.29 is 9.90 Å². The van der Waals surface area contributed by atoms with Gasteiger partial charge in [0.25, 0.3) is 0 Å². The topological polar surface area (TPSA) is 37.3 Å². The molecule has 0 aliphatic rings. The molecule has 1 aromatic rings. The molecule has 0 saturated carbocycles. The summed E-state index contributed by atoms with van der Waals surface area (Å²) in [6, 6.07) is 7.19. The highest BCUT2D eigenvalue weighted by Gasteiger charge is 2.21. The number of carboxylic acids is 1. The van der Waals surface area contributed by atoms with Gasteiger partial charge in [-0.3, -0.25) is 4.79 Å². The molecule has 88 valence electrons. The van der Waals surface area contributed by atoms with Gasteiger partial charge in [-0.2, -0.15) is 0 Å². The first-order valence-corrected chi connectivity index (χ1v) is 6.01. The van der Waals surface area contributed by atoms with Crippen molar-refractivity contribution in [3.8, 4) is 0 Å². The van der Waals surface area contributed by atoms with Gasteiger partial charge in [-0.25, -0.2) is 0 Å². The minimum atomic E-state index is -0.788. The fourth-order valence-corrected chi connectivity index (χ4v) is 2.04. The van der Waals surface area contributed by atoms with E-state index in [4.69, 9.17) is 11.6 Å². The van der Waals surface area contributed by atoms with E-state index in [0.717, 1.165) is 24.8 Å². The Morgan fingerprint density at radius 1 is 1.38 bits per heavy atom. The standard InChI is InChI=1S/C13H17ClO2/c1-2-3-4-8-11(13(15)16)10-7-5-6-9-12(10)14/h5-7,9,11H,2-4,8H2,1H3,(H,15,16). The fourth-order valence-electron chi connectivity index (χ4n) is 1.77. The third kappa shape index (κ3) is 3.53. The van der Waals surface area contributed by atoms with E-state index in [1.54, 1.807) is 12.1 Å². The number of rotatable bonds is 6. The third-order valence-electron chi connectivity index (χ3n) is 2.68. The molecule has 3 heteroatoms. The van der Waals surface area contributed by atoms with Crippen molar-refractivity contribution >= 4 is 17.6 Å². The Morgan fingerprint density at radius 3 is 2.62 bits per heavy atom. The summed E-state index contributed by atoms with van der Waals surface area (Å²) in [6.07, 6.45) is 3.74. The Hall–Kier alpha value is -1.02. The molecule has 1 aromatic carbocycles. The molecule has 0 spiro atoms. The zero-order valence-corrected chi connectivity index (χ0v) is 10.2. The molecule has 0 amide bonds. The van der Waals surface area contributed by atoms with Crippen molar-refractivity contribution in [1.29, 1.82) is 0 Å². The minimum absolute atomic E-state index is 0.472. The summed E-state index contributed by atoms with van der Waals surface area (Å²) in [4.78, 5) is 11.2. The first kappa shape index (κ1) is 13.0. The molecule has 1 unspecified atom stereocenters. The molecule has 1 atom stereocenters. The van der Waals surface area contributed by atoms with Gasteiger partial charge in [0.2, 0.25) is 0 Å². The summed E-state index contributed by atoms with van der Waals surface area (Å²) < 4.78 is 0. The molecule has 0 aliphatic carbocycles. The van der Waals surface area contributed by atoms with Crippen LogP contribution in [0, 0.1) is 0 Å². The maximum absolute atomic E-state index is 11.2. The van der Waals surface area contributed by atoms with E-state index in [0.29, 0.717) is 11.4 Å². The number of benzene rings is 1. The average Bonchev–Trinajstić information content (AvgIpc) is 2.25. The highest BCUT2D eigenvalue weighted by atomic mass is 35.5. The molecule has 0 radical (unpaired) electrons. The lowest BCUT2D eigenvalue weighted by molar-refractivity contribution is -0.139. The molecule has 0 fully saturated rings. The number of hydrogen-bond acceptors (Lipinski definition) is 1. The van der Waals surface area contributed by atoms with Gasteiger partial charge in [-0.1, -0.05) is 56.0 Å². The number of carbonyl (C=O) groups is 1. The van der Waals surface area contributed by atoms with Gasteiger partial charge in [-0.15, -0.1) is 0 Å². The number of halogens is 1. The lowest BCUT2D eigenvalue weighted by Crippen LogP contribution is -2.12. The van der Waals surface area contributed by atoms with E-state index in [1.165, 1.54) is 0 Å². The van der Waals surface area contributed by atoms with Crippen LogP contribution in [0.5, 0.6) is 0 Å². The van der Waals surface area contributed by atoms with Gasteiger partial charge in [0.05, 0.1) is 5.92 Å². The SMILES string of the molecule is CCCCCC(C(=O)O)c1ccccc1Cl. The normalized spacial score (nSPS) is 12.4. The van der Waals surface area contributed by atoms with Crippen molar-refractivity contribution in [1.82, 2.24) is 0 Å². The molecule has 0 heterocycles. The molecule has 16 heavy (non-hydrogen) atoms. The lowest BCUT2D eigenvalue weighted by atomic mass is 9.93. The largest absolute Gasteiger partial charge is 0.481 e. The molecule has 0 saturated heterocycles. The smallest absolute Gasteiger partial charge is 0.311 e. The summed E-state index contributed by atoms with van der Waals surface area (Å²) in [5.41, 5.74) is 0.729. The lowest BCUT2D eigenvalue weighted by Gasteiger charge is -2.13. The van der Waals surface area contributed by atoms with Gasteiger partial charge in [0.15, 0.2) is 0 Å². The van der Waals surface area contributed by atoms with E-state index in [-0.39, 0.29) is 0 Å². The van der Waals surface area contributed by atoms with Crippen LogP contribution in [0.2, 0.25) is 5.02 Å². The van der Waals surface area contributed by atoms with Crippen molar-refractivity contribution in [3.05, 3.63) is 34.9 Å². The Morgan fingerprint density at radius 2 is 2.06 bits per heavy atom. The summed E-state index contributed by atoms with van der Waals surface area (Å²) in [5.74, 6) is -1.26. The predicted octanol–water partition coefficient (Wildman–Crippen LogP) is 4.09. The van der Waals surface area contributed by atoms with Gasteiger partial charge in [0, 0.05) is 5.02 Å². The summed E-state index contributed by atoms with van der Waals surface area (Å²) in [5, 5.41) is 9.74. The third-order valence-corrected chi connectivity index (χ3v) is 3.02. The van der Waals surface area contributed by atoms with E-state index in [9.17, 15) is 9.90 Å². The summed E-state index contributed by atoms with van der Waals surface area (Å²) >= 11 is 6.01. The summed E-state index contributed by atoms with van der Waals surface area (Å²) in [7, 11) is 0. The number of carboxylic acid groups (broad SMARTS) is 1. The maximum atomic E-state index is 11.2. The molecule has 1 N–H and O–H groups in total. The minimum Gasteiger partial charge on any atom is -0.481 e. The van der Waals surface area contributed by atoms with E-state index >= 15 is 0 Å². The number of unbranched alkanes of at least 4 members (excludes halogenated alkanes) is 2. The van der Waals surface area contributed by atoms with Gasteiger partial charge < -0.3 is 5.11 Å². The van der Waals surface area contributed by atoms with Gasteiger partial charge in [0.1, 0.15) is 0 Å². The monoisotopic (exact) mass is 240 g/mol. The second-order valence-electron chi connectivity index (χ2n) is 3.91. The van der Waals surface area contributed by atoms with Crippen LogP contribution in [0.15, 0.2) is 24.3 Å². The number of hydrogen-bond donors (Lipinski definition) is 1. The highest BCUT2D eigenvalue weighted by molar-refractivity contribution is 6.31. The molecule has 2 nitrogen and oxygen atoms in total. The summed E-state index contributed by atoms with van der Waals surface area (Å²) in [6.45, 7) is 2.10. The molecule has 0 aromatic heterocycles. The Bertz CT molecular complexity index is 350. The first-order chi connectivity index (χ1) is 7.66. The first-order valence-electron chi connectivity index (χ1n) is 5.64. The second kappa shape index (κ2) is 6.54. The zero-order chi connectivity index (χ0) is 12.0. The Kier molecular flexibility index (Phi) is 5.33. The van der Waals surface area contributed by atoms with Crippen LogP contribution in [0.4, 0.5) is 0 Å². The molecular formula is C13H17ClO2. The van der Waals surface area contributed by atoms with Crippen LogP contribution in [0.3, 0.4) is 0 Å². The van der Waals surface area contributed by atoms with Crippen molar-refractivity contribution in [2.75, 3.05) is 0 Å². The van der Waals surface area contributed by atoms with Crippen LogP contribution in [-0.4, -0.2) is 11.1 Å². The number of aliphatic carboxylic acids is 1. The Labute approximate surface area is 101 Å². The van der Waals surface area contributed by atoms with Gasteiger partial charge in [-0.05, 0) is 18.1 Å². The Balaban J connectivity index is 2.78. The predicted molar refractivity (Wildman–Crippen MR) is 66.0 cm³/mol. The second-order valence-corrected chi connectivity index (χ2v) is 4.32. The van der Waals surface area contributed by atoms with Crippen LogP contribution in [-0.2, 0) is 4.79 Å². The van der Waals surface area contributed by atoms with Crippen LogP contribution in [0.1, 0.15) is 44.1 Å². The van der Waals surface area contributed by atoms with Crippen molar-refractivity contribution in [3.63, 3.8) is 0 Å². The van der Waals surface area contributed by atoms with E-state index in [2.05, 4.69) is 6.92 Å². The molecule has 1 rings (SSSR count). The van der Waals surface area contributed by atoms with Crippen molar-refractivity contribution in [2.45, 2.75) is 38.5 Å². The van der Waals surface area contributed by atoms with E-state index in [1.807, 2.05) is 12.1 Å². The molecule has 0 aliphatic heterocycles. The molecular weight excluding hydrogens is 224 g/mol. The van der Waals surface area contributed by atoms with Crippen LogP contribution >= 0.6 is 11.6 Å². The van der Waals surface area contributed by atoms with Gasteiger partial charge >= 0.3 is 5.97 Å². The molecule has 0 bridgehead atoms. The van der Waals surface area contributed by atoms with Crippen LogP contribution in [0.25, 0.3) is 0 Å². The van der Waals surface area contributed by atoms with Crippen molar-refractivity contribution in [2.24, 2.45) is 0 Å². The van der Waals surface area contributed by atoms with E-state index < -0.39 is 11.9 Å². The highest BCUT2D eigenvalue weighted by Crippen LogP contribution is 2.28. The average molecular weight is 241 g/mol. The fraction of sp³-hybridized carbons (Fsp3) is 0.462. The maximum Gasteiger partial charge on any atom is 0.311 e. The quantitative estimate of drug-likeness (QED) is 0.761. The zero-order valence-electron chi connectivity index (χ0n) is 9.45.